The van der Waals surface area contributed by atoms with Gasteiger partial charge in [0.05, 0.1) is 4.47 Å². The first-order chi connectivity index (χ1) is 10.1. The maximum atomic E-state index is 13.4. The van der Waals surface area contributed by atoms with E-state index in [0.29, 0.717) is 10.5 Å². The van der Waals surface area contributed by atoms with Crippen LogP contribution in [0.1, 0.15) is 51.5 Å². The molecule has 0 amide bonds. The number of hydrogen-bond donors (Lipinski definition) is 1. The number of hydrogen-bond acceptors (Lipinski definition) is 1. The average Bonchev–Trinajstić information content (AvgIpc) is 2.66. The topological polar surface area (TPSA) is 12.0 Å². The average molecular weight is 356 g/mol. The summed E-state index contributed by atoms with van der Waals surface area (Å²) in [7, 11) is 0. The molecule has 118 valence electrons. The Morgan fingerprint density at radius 3 is 2.57 bits per heavy atom. The normalized spacial score (nSPS) is 23.3. The van der Waals surface area contributed by atoms with Crippen molar-refractivity contribution in [2.75, 3.05) is 6.54 Å². The fraction of sp³-hybridized carbons (Fsp3) is 0.667. The number of benzene rings is 1. The van der Waals surface area contributed by atoms with Crippen LogP contribution in [-0.2, 0) is 6.42 Å². The molecule has 21 heavy (non-hydrogen) atoms. The van der Waals surface area contributed by atoms with Gasteiger partial charge >= 0.3 is 0 Å². The lowest BCUT2D eigenvalue weighted by molar-refractivity contribution is 0.291. The van der Waals surface area contributed by atoms with Crippen LogP contribution in [0.3, 0.4) is 0 Å². The zero-order valence-electron chi connectivity index (χ0n) is 13.2. The van der Waals surface area contributed by atoms with E-state index in [9.17, 15) is 4.39 Å². The largest absolute Gasteiger partial charge is 0.314 e. The summed E-state index contributed by atoms with van der Waals surface area (Å²) >= 11 is 3.30. The minimum Gasteiger partial charge on any atom is -0.314 e. The summed E-state index contributed by atoms with van der Waals surface area (Å²) < 4.78 is 14.0. The van der Waals surface area contributed by atoms with Crippen LogP contribution in [0.2, 0.25) is 0 Å². The molecule has 1 nitrogen and oxygen atoms in total. The molecule has 2 atom stereocenters. The molecule has 1 aromatic carbocycles. The molecule has 0 bridgehead atoms. The third kappa shape index (κ3) is 5.37. The van der Waals surface area contributed by atoms with Crippen molar-refractivity contribution in [1.29, 1.82) is 0 Å². The summed E-state index contributed by atoms with van der Waals surface area (Å²) in [5.41, 5.74) is 1.25. The molecule has 0 aliphatic heterocycles. The molecule has 1 aromatic rings. The van der Waals surface area contributed by atoms with Gasteiger partial charge in [-0.3, -0.25) is 0 Å². The highest BCUT2D eigenvalue weighted by Crippen LogP contribution is 2.32. The van der Waals surface area contributed by atoms with Crippen molar-refractivity contribution in [3.05, 3.63) is 34.1 Å². The quantitative estimate of drug-likeness (QED) is 0.704. The first-order valence-corrected chi connectivity index (χ1v) is 9.03. The molecular formula is C18H27BrFN. The van der Waals surface area contributed by atoms with E-state index in [1.807, 2.05) is 12.1 Å². The molecule has 1 fully saturated rings. The molecule has 0 heterocycles. The van der Waals surface area contributed by atoms with Crippen molar-refractivity contribution < 1.29 is 4.39 Å². The second-order valence-electron chi connectivity index (χ2n) is 6.67. The van der Waals surface area contributed by atoms with E-state index in [1.54, 1.807) is 6.07 Å². The fourth-order valence-electron chi connectivity index (χ4n) is 3.36. The lowest BCUT2D eigenvalue weighted by Crippen LogP contribution is -2.33. The highest BCUT2D eigenvalue weighted by molar-refractivity contribution is 9.10. The fourth-order valence-corrected chi connectivity index (χ4v) is 3.78. The molecule has 3 heteroatoms. The van der Waals surface area contributed by atoms with Gasteiger partial charge in [0.1, 0.15) is 5.82 Å². The predicted octanol–water partition coefficient (Wildman–Crippen LogP) is 5.33. The molecule has 0 saturated heterocycles. The Labute approximate surface area is 136 Å². The standard InChI is InChI=1S/C18H27BrFN/c1-13(2)21-12-16-7-5-3-4-6-15(16)10-14-8-9-18(20)17(19)11-14/h8-9,11,13,15-16,21H,3-7,10,12H2,1-2H3. The lowest BCUT2D eigenvalue weighted by atomic mass is 9.83. The first kappa shape index (κ1) is 17.0. The van der Waals surface area contributed by atoms with E-state index >= 15 is 0 Å². The minimum atomic E-state index is -0.169. The molecular weight excluding hydrogens is 329 g/mol. The summed E-state index contributed by atoms with van der Waals surface area (Å²) in [6.45, 7) is 5.54. The van der Waals surface area contributed by atoms with Crippen molar-refractivity contribution in [2.24, 2.45) is 11.8 Å². The first-order valence-electron chi connectivity index (χ1n) is 8.23. The van der Waals surface area contributed by atoms with Crippen LogP contribution in [0, 0.1) is 17.7 Å². The third-order valence-electron chi connectivity index (χ3n) is 4.59. The molecule has 2 rings (SSSR count). The minimum absolute atomic E-state index is 0.169. The van der Waals surface area contributed by atoms with Gasteiger partial charge in [0.15, 0.2) is 0 Å². The second-order valence-corrected chi connectivity index (χ2v) is 7.53. The summed E-state index contributed by atoms with van der Waals surface area (Å²) in [4.78, 5) is 0. The Bertz CT molecular complexity index is 447. The van der Waals surface area contributed by atoms with Crippen molar-refractivity contribution in [3.8, 4) is 0 Å². The number of nitrogens with one attached hydrogen (secondary N) is 1. The van der Waals surface area contributed by atoms with Crippen LogP contribution in [0.25, 0.3) is 0 Å². The Balaban J connectivity index is 2.03. The SMILES string of the molecule is CC(C)NCC1CCCCCC1Cc1ccc(F)c(Br)c1. The Hall–Kier alpha value is -0.410. The van der Waals surface area contributed by atoms with Crippen molar-refractivity contribution in [3.63, 3.8) is 0 Å². The zero-order chi connectivity index (χ0) is 15.2. The summed E-state index contributed by atoms with van der Waals surface area (Å²) in [5.74, 6) is 1.30. The molecule has 1 N–H and O–H groups in total. The summed E-state index contributed by atoms with van der Waals surface area (Å²) in [6.07, 6.45) is 7.76. The van der Waals surface area contributed by atoms with Crippen molar-refractivity contribution >= 4 is 15.9 Å². The molecule has 2 unspecified atom stereocenters. The van der Waals surface area contributed by atoms with Gasteiger partial charge in [-0.2, -0.15) is 0 Å². The lowest BCUT2D eigenvalue weighted by Gasteiger charge is -2.26. The van der Waals surface area contributed by atoms with Crippen LogP contribution in [-0.4, -0.2) is 12.6 Å². The Kier molecular flexibility index (Phi) is 6.69. The van der Waals surface area contributed by atoms with Gasteiger partial charge in [-0.1, -0.05) is 39.2 Å². The predicted molar refractivity (Wildman–Crippen MR) is 91.0 cm³/mol. The highest BCUT2D eigenvalue weighted by Gasteiger charge is 2.24. The van der Waals surface area contributed by atoms with Crippen LogP contribution < -0.4 is 5.32 Å². The maximum absolute atomic E-state index is 13.4. The van der Waals surface area contributed by atoms with E-state index in [2.05, 4.69) is 35.1 Å². The van der Waals surface area contributed by atoms with Crippen LogP contribution in [0.4, 0.5) is 4.39 Å². The summed E-state index contributed by atoms with van der Waals surface area (Å²) in [5, 5.41) is 3.61. The third-order valence-corrected chi connectivity index (χ3v) is 5.19. The smallest absolute Gasteiger partial charge is 0.137 e. The van der Waals surface area contributed by atoms with Crippen LogP contribution >= 0.6 is 15.9 Å². The molecule has 0 radical (unpaired) electrons. The zero-order valence-corrected chi connectivity index (χ0v) is 14.8. The van der Waals surface area contributed by atoms with Gasteiger partial charge < -0.3 is 5.32 Å². The molecule has 1 aliphatic carbocycles. The van der Waals surface area contributed by atoms with Gasteiger partial charge in [-0.15, -0.1) is 0 Å². The van der Waals surface area contributed by atoms with E-state index in [-0.39, 0.29) is 5.82 Å². The second kappa shape index (κ2) is 8.28. The number of halogens is 2. The van der Waals surface area contributed by atoms with E-state index in [1.165, 1.54) is 37.7 Å². The molecule has 1 saturated carbocycles. The summed E-state index contributed by atoms with van der Waals surface area (Å²) in [6, 6.07) is 6.02. The van der Waals surface area contributed by atoms with Gasteiger partial charge in [-0.25, -0.2) is 4.39 Å². The Morgan fingerprint density at radius 2 is 1.90 bits per heavy atom. The van der Waals surface area contributed by atoms with Crippen molar-refractivity contribution in [1.82, 2.24) is 5.32 Å². The van der Waals surface area contributed by atoms with Crippen molar-refractivity contribution in [2.45, 2.75) is 58.4 Å². The molecule has 0 spiro atoms. The Morgan fingerprint density at radius 1 is 1.19 bits per heavy atom. The monoisotopic (exact) mass is 355 g/mol. The van der Waals surface area contributed by atoms with Crippen LogP contribution in [0.5, 0.6) is 0 Å². The molecule has 1 aliphatic rings. The van der Waals surface area contributed by atoms with E-state index < -0.39 is 0 Å². The number of rotatable bonds is 5. The van der Waals surface area contributed by atoms with Gasteiger partial charge in [0, 0.05) is 6.04 Å². The highest BCUT2D eigenvalue weighted by atomic mass is 79.9. The molecule has 0 aromatic heterocycles. The van der Waals surface area contributed by atoms with Crippen LogP contribution in [0.15, 0.2) is 22.7 Å². The van der Waals surface area contributed by atoms with E-state index in [4.69, 9.17) is 0 Å². The van der Waals surface area contributed by atoms with Gasteiger partial charge in [-0.05, 0) is 71.3 Å². The van der Waals surface area contributed by atoms with E-state index in [0.717, 1.165) is 24.8 Å². The maximum Gasteiger partial charge on any atom is 0.137 e. The van der Waals surface area contributed by atoms with Gasteiger partial charge in [0.2, 0.25) is 0 Å². The van der Waals surface area contributed by atoms with Gasteiger partial charge in [0.25, 0.3) is 0 Å².